The summed E-state index contributed by atoms with van der Waals surface area (Å²) in [6.07, 6.45) is 2.68. The fourth-order valence-corrected chi connectivity index (χ4v) is 3.06. The Balaban J connectivity index is 1.86. The normalized spacial score (nSPS) is 20.9. The van der Waals surface area contributed by atoms with E-state index in [1.165, 1.54) is 0 Å². The van der Waals surface area contributed by atoms with Crippen molar-refractivity contribution >= 4 is 11.5 Å². The summed E-state index contributed by atoms with van der Waals surface area (Å²) < 4.78 is 38.6. The molecule has 0 spiro atoms. The number of alkyl halides is 2. The summed E-state index contributed by atoms with van der Waals surface area (Å²) in [4.78, 5) is 12.5. The predicted molar refractivity (Wildman–Crippen MR) is 96.4 cm³/mol. The molecular weight excluding hydrogens is 338 g/mol. The number of halogens is 2. The standard InChI is InChI=1S/C21H26F2O3/c1-14-5-6-16(15-7-9-21(22,23)10-8-15)17(13-14)25-20(11-12-20)18(24)26-19(2,3)4/h5-7,13H,8-12H2,1-4H3. The number of ether oxygens (including phenoxy) is 2. The Morgan fingerprint density at radius 1 is 1.15 bits per heavy atom. The van der Waals surface area contributed by atoms with Gasteiger partial charge >= 0.3 is 5.97 Å². The molecule has 1 saturated carbocycles. The van der Waals surface area contributed by atoms with Gasteiger partial charge in [-0.15, -0.1) is 0 Å². The third-order valence-corrected chi connectivity index (χ3v) is 4.67. The second-order valence-corrected chi connectivity index (χ2v) is 8.39. The molecule has 2 aliphatic rings. The van der Waals surface area contributed by atoms with Crippen molar-refractivity contribution in [2.45, 2.75) is 76.9 Å². The van der Waals surface area contributed by atoms with E-state index < -0.39 is 17.1 Å². The number of esters is 1. The topological polar surface area (TPSA) is 35.5 Å². The second kappa shape index (κ2) is 6.36. The van der Waals surface area contributed by atoms with Crippen LogP contribution in [0.3, 0.4) is 0 Å². The van der Waals surface area contributed by atoms with Gasteiger partial charge in [-0.1, -0.05) is 18.2 Å². The molecule has 142 valence electrons. The quantitative estimate of drug-likeness (QED) is 0.666. The molecule has 0 radical (unpaired) electrons. The average Bonchev–Trinajstić information content (AvgIpc) is 3.27. The molecule has 5 heteroatoms. The molecule has 0 aliphatic heterocycles. The summed E-state index contributed by atoms with van der Waals surface area (Å²) >= 11 is 0. The number of benzene rings is 1. The molecule has 26 heavy (non-hydrogen) atoms. The first-order valence-corrected chi connectivity index (χ1v) is 9.10. The zero-order valence-electron chi connectivity index (χ0n) is 15.8. The molecular formula is C21H26F2O3. The lowest BCUT2D eigenvalue weighted by Gasteiger charge is -2.27. The van der Waals surface area contributed by atoms with Crippen LogP contribution in [0.1, 0.15) is 64.0 Å². The van der Waals surface area contributed by atoms with Crippen molar-refractivity contribution < 1.29 is 23.0 Å². The van der Waals surface area contributed by atoms with Crippen LogP contribution in [0.4, 0.5) is 8.78 Å². The minimum Gasteiger partial charge on any atom is -0.475 e. The van der Waals surface area contributed by atoms with Crippen molar-refractivity contribution in [2.24, 2.45) is 0 Å². The summed E-state index contributed by atoms with van der Waals surface area (Å²) in [5.74, 6) is -2.42. The average molecular weight is 364 g/mol. The van der Waals surface area contributed by atoms with E-state index in [0.29, 0.717) is 25.0 Å². The van der Waals surface area contributed by atoms with E-state index in [0.717, 1.165) is 16.7 Å². The van der Waals surface area contributed by atoms with Crippen molar-refractivity contribution in [3.8, 4) is 5.75 Å². The minimum absolute atomic E-state index is 0.163. The van der Waals surface area contributed by atoms with Crippen molar-refractivity contribution in [3.63, 3.8) is 0 Å². The minimum atomic E-state index is -2.64. The summed E-state index contributed by atoms with van der Waals surface area (Å²) in [6, 6.07) is 5.70. The number of hydrogen-bond acceptors (Lipinski definition) is 3. The summed E-state index contributed by atoms with van der Waals surface area (Å²) in [6.45, 7) is 7.41. The first kappa shape index (κ1) is 18.9. The van der Waals surface area contributed by atoms with E-state index in [1.807, 2.05) is 45.9 Å². The maximum absolute atomic E-state index is 13.5. The van der Waals surface area contributed by atoms with Crippen LogP contribution in [-0.4, -0.2) is 23.1 Å². The van der Waals surface area contributed by atoms with Crippen LogP contribution in [0.25, 0.3) is 5.57 Å². The maximum atomic E-state index is 13.5. The number of carbonyl (C=O) groups is 1. The summed E-state index contributed by atoms with van der Waals surface area (Å²) in [7, 11) is 0. The summed E-state index contributed by atoms with van der Waals surface area (Å²) in [5, 5.41) is 0. The van der Waals surface area contributed by atoms with Crippen molar-refractivity contribution in [3.05, 3.63) is 35.4 Å². The molecule has 0 atom stereocenters. The van der Waals surface area contributed by atoms with E-state index in [-0.39, 0.29) is 18.8 Å². The molecule has 3 rings (SSSR count). The van der Waals surface area contributed by atoms with Gasteiger partial charge in [0.15, 0.2) is 0 Å². The zero-order valence-corrected chi connectivity index (χ0v) is 15.8. The lowest BCUT2D eigenvalue weighted by molar-refractivity contribution is -0.165. The summed E-state index contributed by atoms with van der Waals surface area (Å²) in [5.41, 5.74) is 1.11. The molecule has 0 heterocycles. The van der Waals surface area contributed by atoms with E-state index in [1.54, 1.807) is 6.08 Å². The van der Waals surface area contributed by atoms with Gasteiger partial charge < -0.3 is 9.47 Å². The van der Waals surface area contributed by atoms with E-state index in [9.17, 15) is 13.6 Å². The number of carbonyl (C=O) groups excluding carboxylic acids is 1. The van der Waals surface area contributed by atoms with Crippen molar-refractivity contribution in [2.75, 3.05) is 0 Å². The third kappa shape index (κ3) is 4.25. The molecule has 0 amide bonds. The number of aryl methyl sites for hydroxylation is 1. The molecule has 3 nitrogen and oxygen atoms in total. The molecule has 0 unspecified atom stereocenters. The lowest BCUT2D eigenvalue weighted by Crippen LogP contribution is -2.37. The fraction of sp³-hybridized carbons (Fsp3) is 0.571. The van der Waals surface area contributed by atoms with E-state index in [2.05, 4.69) is 0 Å². The van der Waals surface area contributed by atoms with E-state index in [4.69, 9.17) is 9.47 Å². The largest absolute Gasteiger partial charge is 0.475 e. The van der Waals surface area contributed by atoms with Crippen LogP contribution in [0.15, 0.2) is 24.3 Å². The van der Waals surface area contributed by atoms with Crippen LogP contribution in [-0.2, 0) is 9.53 Å². The Bertz CT molecular complexity index is 740. The molecule has 0 bridgehead atoms. The van der Waals surface area contributed by atoms with Crippen LogP contribution in [0.2, 0.25) is 0 Å². The van der Waals surface area contributed by atoms with Gasteiger partial charge in [-0.05, 0) is 51.3 Å². The second-order valence-electron chi connectivity index (χ2n) is 8.39. The van der Waals surface area contributed by atoms with Crippen LogP contribution in [0.5, 0.6) is 5.75 Å². The number of rotatable bonds is 4. The highest BCUT2D eigenvalue weighted by molar-refractivity contribution is 5.84. The SMILES string of the molecule is Cc1ccc(C2=CCC(F)(F)CC2)c(OC2(C(=O)OC(C)(C)C)CC2)c1. The van der Waals surface area contributed by atoms with Gasteiger partial charge in [-0.2, -0.15) is 0 Å². The van der Waals surface area contributed by atoms with Crippen LogP contribution < -0.4 is 4.74 Å². The predicted octanol–water partition coefficient (Wildman–Crippen LogP) is 5.45. The van der Waals surface area contributed by atoms with Gasteiger partial charge in [0.2, 0.25) is 5.60 Å². The van der Waals surface area contributed by atoms with Gasteiger partial charge in [0, 0.05) is 31.2 Å². The van der Waals surface area contributed by atoms with Crippen LogP contribution in [0, 0.1) is 6.92 Å². The molecule has 0 N–H and O–H groups in total. The van der Waals surface area contributed by atoms with Crippen molar-refractivity contribution in [1.29, 1.82) is 0 Å². The fourth-order valence-electron chi connectivity index (χ4n) is 3.06. The Hall–Kier alpha value is -1.91. The highest BCUT2D eigenvalue weighted by atomic mass is 19.3. The number of hydrogen-bond donors (Lipinski definition) is 0. The molecule has 0 aromatic heterocycles. The highest BCUT2D eigenvalue weighted by Gasteiger charge is 2.55. The van der Waals surface area contributed by atoms with Gasteiger partial charge in [0.05, 0.1) is 0 Å². The van der Waals surface area contributed by atoms with Crippen molar-refractivity contribution in [1.82, 2.24) is 0 Å². The van der Waals surface area contributed by atoms with Crippen LogP contribution >= 0.6 is 0 Å². The Morgan fingerprint density at radius 3 is 2.38 bits per heavy atom. The molecule has 2 aliphatic carbocycles. The first-order chi connectivity index (χ1) is 12.0. The van der Waals surface area contributed by atoms with E-state index >= 15 is 0 Å². The van der Waals surface area contributed by atoms with Gasteiger partial charge in [0.1, 0.15) is 11.4 Å². The monoisotopic (exact) mass is 364 g/mol. The van der Waals surface area contributed by atoms with Gasteiger partial charge in [-0.25, -0.2) is 13.6 Å². The third-order valence-electron chi connectivity index (χ3n) is 4.67. The maximum Gasteiger partial charge on any atom is 0.351 e. The van der Waals surface area contributed by atoms with Gasteiger partial charge in [0.25, 0.3) is 5.92 Å². The van der Waals surface area contributed by atoms with Gasteiger partial charge in [-0.3, -0.25) is 0 Å². The zero-order chi connectivity index (χ0) is 19.2. The molecule has 0 saturated heterocycles. The Morgan fingerprint density at radius 2 is 1.85 bits per heavy atom. The first-order valence-electron chi connectivity index (χ1n) is 9.10. The highest BCUT2D eigenvalue weighted by Crippen LogP contribution is 2.46. The molecule has 1 aromatic rings. The Kier molecular flexibility index (Phi) is 4.62. The number of allylic oxidation sites excluding steroid dienone is 2. The molecule has 1 aromatic carbocycles. The smallest absolute Gasteiger partial charge is 0.351 e. The Labute approximate surface area is 153 Å². The molecule has 1 fully saturated rings. The lowest BCUT2D eigenvalue weighted by atomic mass is 9.90.